The summed E-state index contributed by atoms with van der Waals surface area (Å²) in [5, 5.41) is 2.50. The molecule has 0 bridgehead atoms. The molecular formula is C41H52Cl2N8O8. The number of amides is 5. The molecule has 2 aliphatic rings. The lowest BCUT2D eigenvalue weighted by molar-refractivity contribution is -0.111. The summed E-state index contributed by atoms with van der Waals surface area (Å²) in [5.74, 6) is -0.498. The standard InChI is InChI=1S/C41H52Cl2N8O8/c1-12-32(52)46-26-20-25(48-18-19-49(13-2)41(23-48)16-17-41)14-15-27(26)50(37(54)58-39(3,4)5)31-22-30(44-24-45-31)47(9)36(53)51(38(55)59-40(6,7)8)35-33(42)28(56-10)21-29(57-11)34(35)43/h12,14-15,20-22,24H,1,13,16-19,23H2,2-11H3,(H,46,52). The van der Waals surface area contributed by atoms with Crippen molar-refractivity contribution in [1.29, 1.82) is 0 Å². The first-order chi connectivity index (χ1) is 27.7. The van der Waals surface area contributed by atoms with Gasteiger partial charge in [0.2, 0.25) is 5.91 Å². The zero-order valence-corrected chi connectivity index (χ0v) is 36.7. The van der Waals surface area contributed by atoms with Gasteiger partial charge in [-0.3, -0.25) is 14.6 Å². The molecule has 16 nitrogen and oxygen atoms in total. The van der Waals surface area contributed by atoms with E-state index < -0.39 is 35.3 Å². The minimum atomic E-state index is -1.12. The number of urea groups is 1. The van der Waals surface area contributed by atoms with Crippen molar-refractivity contribution in [3.63, 3.8) is 0 Å². The Balaban J connectivity index is 1.61. The number of rotatable bonds is 10. The van der Waals surface area contributed by atoms with Crippen LogP contribution in [0.2, 0.25) is 10.0 Å². The van der Waals surface area contributed by atoms with Gasteiger partial charge >= 0.3 is 18.2 Å². The zero-order chi connectivity index (χ0) is 43.6. The van der Waals surface area contributed by atoms with E-state index in [0.717, 1.165) is 62.0 Å². The van der Waals surface area contributed by atoms with E-state index in [9.17, 15) is 19.2 Å². The van der Waals surface area contributed by atoms with Gasteiger partial charge in [-0.25, -0.2) is 29.3 Å². The molecule has 1 aliphatic heterocycles. The molecule has 2 heterocycles. The molecule has 0 radical (unpaired) electrons. The molecule has 5 amide bonds. The highest BCUT2D eigenvalue weighted by Crippen LogP contribution is 2.48. The second-order valence-corrected chi connectivity index (χ2v) is 16.8. The molecule has 3 aromatic rings. The minimum Gasteiger partial charge on any atom is -0.495 e. The van der Waals surface area contributed by atoms with E-state index in [4.69, 9.17) is 42.1 Å². The van der Waals surface area contributed by atoms with Gasteiger partial charge < -0.3 is 29.2 Å². The van der Waals surface area contributed by atoms with Crippen molar-refractivity contribution in [2.24, 2.45) is 0 Å². The fourth-order valence-corrected chi connectivity index (χ4v) is 7.37. The van der Waals surface area contributed by atoms with Gasteiger partial charge in [-0.15, -0.1) is 0 Å². The summed E-state index contributed by atoms with van der Waals surface area (Å²) >= 11 is 13.4. The van der Waals surface area contributed by atoms with Crippen LogP contribution >= 0.6 is 23.2 Å². The third-order valence-corrected chi connectivity index (χ3v) is 10.4. The van der Waals surface area contributed by atoms with E-state index in [-0.39, 0.29) is 55.8 Å². The SMILES string of the molecule is C=CC(=O)Nc1cc(N2CCN(CC)C3(CC3)C2)ccc1N(C(=O)OC(C)(C)C)c1cc(N(C)C(=O)N(C(=O)OC(C)(C)C)c2c(Cl)c(OC)cc(OC)c2Cl)ncn1. The monoisotopic (exact) mass is 854 g/mol. The first-order valence-corrected chi connectivity index (χ1v) is 19.8. The van der Waals surface area contributed by atoms with E-state index in [2.05, 4.69) is 38.6 Å². The molecule has 1 N–H and O–H groups in total. The number of aromatic nitrogens is 2. The molecule has 1 saturated heterocycles. The number of hydrogen-bond donors (Lipinski definition) is 1. The number of benzene rings is 2. The number of carbonyl (C=O) groups excluding carboxylic acids is 4. The molecule has 2 fully saturated rings. The van der Waals surface area contributed by atoms with Gasteiger partial charge in [0.25, 0.3) is 0 Å². The third-order valence-electron chi connectivity index (χ3n) is 9.65. The molecule has 1 aromatic heterocycles. The fraction of sp³-hybridized carbons (Fsp3) is 0.463. The lowest BCUT2D eigenvalue weighted by atomic mass is 10.1. The average Bonchev–Trinajstić information content (AvgIpc) is 3.94. The number of halogens is 2. The van der Waals surface area contributed by atoms with Gasteiger partial charge in [0, 0.05) is 50.0 Å². The number of hydrogen-bond acceptors (Lipinski definition) is 12. The third kappa shape index (κ3) is 9.94. The zero-order valence-electron chi connectivity index (χ0n) is 35.1. The van der Waals surface area contributed by atoms with E-state index in [0.29, 0.717) is 4.90 Å². The van der Waals surface area contributed by atoms with Gasteiger partial charge in [0.05, 0.1) is 25.6 Å². The number of carbonyl (C=O) groups is 4. The molecule has 0 unspecified atom stereocenters. The average molecular weight is 856 g/mol. The maximum absolute atomic E-state index is 14.6. The van der Waals surface area contributed by atoms with E-state index >= 15 is 0 Å². The predicted octanol–water partition coefficient (Wildman–Crippen LogP) is 8.67. The van der Waals surface area contributed by atoms with Gasteiger partial charge in [-0.2, -0.15) is 4.90 Å². The molecule has 0 atom stereocenters. The van der Waals surface area contributed by atoms with Crippen LogP contribution in [0.4, 0.5) is 48.8 Å². The maximum Gasteiger partial charge on any atom is 0.423 e. The number of piperazine rings is 1. The largest absolute Gasteiger partial charge is 0.495 e. The number of ether oxygens (including phenoxy) is 4. The van der Waals surface area contributed by atoms with Crippen molar-refractivity contribution >= 4 is 81.7 Å². The van der Waals surface area contributed by atoms with Crippen LogP contribution in [0, 0.1) is 0 Å². The summed E-state index contributed by atoms with van der Waals surface area (Å²) in [7, 11) is 4.04. The lowest BCUT2D eigenvalue weighted by Crippen LogP contribution is -2.54. The first kappa shape index (κ1) is 44.8. The molecule has 1 spiro atoms. The van der Waals surface area contributed by atoms with Gasteiger partial charge in [-0.1, -0.05) is 36.7 Å². The summed E-state index contributed by atoms with van der Waals surface area (Å²) in [6.45, 7) is 19.3. The molecule has 18 heteroatoms. The highest BCUT2D eigenvalue weighted by molar-refractivity contribution is 6.43. The molecule has 1 saturated carbocycles. The second kappa shape index (κ2) is 17.5. The summed E-state index contributed by atoms with van der Waals surface area (Å²) in [6.07, 6.45) is 2.52. The Kier molecular flexibility index (Phi) is 13.3. The summed E-state index contributed by atoms with van der Waals surface area (Å²) < 4.78 is 22.3. The van der Waals surface area contributed by atoms with Crippen LogP contribution in [0.3, 0.4) is 0 Å². The van der Waals surface area contributed by atoms with Crippen molar-refractivity contribution in [2.75, 3.05) is 72.4 Å². The lowest BCUT2D eigenvalue weighted by Gasteiger charge is -2.43. The van der Waals surface area contributed by atoms with Gasteiger partial charge in [0.15, 0.2) is 0 Å². The molecule has 2 aromatic carbocycles. The van der Waals surface area contributed by atoms with Crippen molar-refractivity contribution in [2.45, 2.75) is 78.0 Å². The van der Waals surface area contributed by atoms with Crippen molar-refractivity contribution in [3.05, 3.63) is 59.4 Å². The summed E-state index contributed by atoms with van der Waals surface area (Å²) in [6, 6.07) is 7.12. The number of nitrogens with one attached hydrogen (secondary N) is 1. The molecule has 5 rings (SSSR count). The quantitative estimate of drug-likeness (QED) is 0.194. The number of anilines is 6. The minimum absolute atomic E-state index is 0.0397. The Hall–Kier alpha value is -5.32. The topological polar surface area (TPSA) is 159 Å². The highest BCUT2D eigenvalue weighted by atomic mass is 35.5. The molecule has 59 heavy (non-hydrogen) atoms. The Morgan fingerprint density at radius 3 is 2.03 bits per heavy atom. The smallest absolute Gasteiger partial charge is 0.423 e. The van der Waals surface area contributed by atoms with Crippen molar-refractivity contribution in [3.8, 4) is 11.5 Å². The van der Waals surface area contributed by atoms with E-state index in [1.165, 1.54) is 38.3 Å². The van der Waals surface area contributed by atoms with Crippen LogP contribution in [0.5, 0.6) is 11.5 Å². The van der Waals surface area contributed by atoms with Gasteiger partial charge in [0.1, 0.15) is 56.4 Å². The fourth-order valence-electron chi connectivity index (χ4n) is 6.70. The summed E-state index contributed by atoms with van der Waals surface area (Å²) in [5.41, 5.74) is -0.823. The van der Waals surface area contributed by atoms with Crippen LogP contribution in [-0.2, 0) is 14.3 Å². The predicted molar refractivity (Wildman–Crippen MR) is 229 cm³/mol. The van der Waals surface area contributed by atoms with Crippen LogP contribution < -0.4 is 34.4 Å². The Bertz CT molecular complexity index is 2090. The normalized spacial score (nSPS) is 14.9. The number of methoxy groups -OCH3 is 2. The highest BCUT2D eigenvalue weighted by Gasteiger charge is 2.50. The molecule has 1 aliphatic carbocycles. The molecular weight excluding hydrogens is 803 g/mol. The van der Waals surface area contributed by atoms with Crippen LogP contribution in [0.15, 0.2) is 49.3 Å². The van der Waals surface area contributed by atoms with Crippen LogP contribution in [-0.4, -0.2) is 103 Å². The Labute approximate surface area is 354 Å². The van der Waals surface area contributed by atoms with Crippen LogP contribution in [0.1, 0.15) is 61.3 Å². The first-order valence-electron chi connectivity index (χ1n) is 19.0. The van der Waals surface area contributed by atoms with Crippen LogP contribution in [0.25, 0.3) is 0 Å². The van der Waals surface area contributed by atoms with Crippen molar-refractivity contribution < 1.29 is 38.1 Å². The number of likely N-dealkylation sites (N-methyl/N-ethyl adjacent to an activating group) is 1. The van der Waals surface area contributed by atoms with Crippen molar-refractivity contribution in [1.82, 2.24) is 14.9 Å². The number of imide groups is 1. The van der Waals surface area contributed by atoms with Gasteiger partial charge in [-0.05, 0) is 85.2 Å². The Morgan fingerprint density at radius 2 is 1.49 bits per heavy atom. The Morgan fingerprint density at radius 1 is 0.898 bits per heavy atom. The number of nitrogens with zero attached hydrogens (tertiary/aromatic N) is 7. The van der Waals surface area contributed by atoms with E-state index in [1.54, 1.807) is 53.7 Å². The van der Waals surface area contributed by atoms with E-state index in [1.807, 2.05) is 6.07 Å². The maximum atomic E-state index is 14.6. The molecule has 318 valence electrons. The summed E-state index contributed by atoms with van der Waals surface area (Å²) in [4.78, 5) is 71.9. The second-order valence-electron chi connectivity index (χ2n) is 16.1.